The quantitative estimate of drug-likeness (QED) is 0.404. The van der Waals surface area contributed by atoms with Crippen LogP contribution in [0.3, 0.4) is 0 Å². The van der Waals surface area contributed by atoms with Gasteiger partial charge in [-0.15, -0.1) is 0 Å². The lowest BCUT2D eigenvalue weighted by Gasteiger charge is -2.13. The first-order valence-electron chi connectivity index (χ1n) is 10.6. The van der Waals surface area contributed by atoms with E-state index in [-0.39, 0.29) is 5.91 Å². The van der Waals surface area contributed by atoms with Crippen molar-refractivity contribution < 1.29 is 4.79 Å². The number of hydrogen-bond donors (Lipinski definition) is 3. The maximum absolute atomic E-state index is 12.3. The monoisotopic (exact) mass is 459 g/mol. The fourth-order valence-corrected chi connectivity index (χ4v) is 3.97. The van der Waals surface area contributed by atoms with Crippen molar-refractivity contribution in [2.75, 3.05) is 24.2 Å². The standard InChI is InChI=1S/C24H22ClN7O/c1-32-11-9-15-6-7-17(12-16(15)13-22(32)33)28-24-26-14-19(25)23(30-24)29-20-5-3-2-4-18(20)21-8-10-27-31-21/h2-8,10,12,14H,9,11,13H2,1H3,(H,27,31)(H2,26,28,29,30). The second-order valence-corrected chi connectivity index (χ2v) is 8.29. The van der Waals surface area contributed by atoms with Crippen molar-refractivity contribution in [1.82, 2.24) is 25.1 Å². The highest BCUT2D eigenvalue weighted by molar-refractivity contribution is 6.33. The highest BCUT2D eigenvalue weighted by Gasteiger charge is 2.18. The van der Waals surface area contributed by atoms with Crippen molar-refractivity contribution >= 4 is 40.6 Å². The van der Waals surface area contributed by atoms with E-state index in [1.807, 2.05) is 49.5 Å². The number of H-pyrrole nitrogens is 1. The molecule has 0 bridgehead atoms. The van der Waals surface area contributed by atoms with Crippen LogP contribution in [0, 0.1) is 0 Å². The van der Waals surface area contributed by atoms with Crippen molar-refractivity contribution in [2.45, 2.75) is 12.8 Å². The SMILES string of the molecule is CN1CCc2ccc(Nc3ncc(Cl)c(Nc4ccccc4-c4ccn[nH]4)n3)cc2CC1=O. The number of carbonyl (C=O) groups is 1. The number of amides is 1. The smallest absolute Gasteiger partial charge is 0.229 e. The number of hydrogen-bond acceptors (Lipinski definition) is 6. The molecule has 3 N–H and O–H groups in total. The molecule has 0 radical (unpaired) electrons. The molecule has 0 atom stereocenters. The molecule has 33 heavy (non-hydrogen) atoms. The summed E-state index contributed by atoms with van der Waals surface area (Å²) in [6.45, 7) is 0.730. The molecule has 0 saturated carbocycles. The van der Waals surface area contributed by atoms with Gasteiger partial charge in [-0.05, 0) is 41.8 Å². The van der Waals surface area contributed by atoms with Crippen molar-refractivity contribution in [1.29, 1.82) is 0 Å². The summed E-state index contributed by atoms with van der Waals surface area (Å²) in [6, 6.07) is 15.7. The molecule has 0 saturated heterocycles. The number of rotatable bonds is 5. The Morgan fingerprint density at radius 2 is 1.97 bits per heavy atom. The number of likely N-dealkylation sites (N-methyl/N-ethyl adjacent to an activating group) is 1. The Kier molecular flexibility index (Phi) is 5.66. The number of anilines is 4. The Morgan fingerprint density at radius 1 is 1.09 bits per heavy atom. The summed E-state index contributed by atoms with van der Waals surface area (Å²) < 4.78 is 0. The average Bonchev–Trinajstić information content (AvgIpc) is 3.31. The van der Waals surface area contributed by atoms with E-state index in [0.717, 1.165) is 41.2 Å². The molecule has 2 aromatic carbocycles. The highest BCUT2D eigenvalue weighted by Crippen LogP contribution is 2.31. The molecule has 4 aromatic rings. The lowest BCUT2D eigenvalue weighted by molar-refractivity contribution is -0.128. The molecule has 0 fully saturated rings. The van der Waals surface area contributed by atoms with E-state index in [1.165, 1.54) is 5.56 Å². The third kappa shape index (κ3) is 4.51. The van der Waals surface area contributed by atoms with Gasteiger partial charge in [-0.25, -0.2) is 4.98 Å². The van der Waals surface area contributed by atoms with Gasteiger partial charge in [0.05, 0.1) is 18.3 Å². The van der Waals surface area contributed by atoms with Crippen molar-refractivity contribution in [3.8, 4) is 11.3 Å². The fraction of sp³-hybridized carbons (Fsp3) is 0.167. The van der Waals surface area contributed by atoms with Gasteiger partial charge < -0.3 is 15.5 Å². The minimum Gasteiger partial charge on any atom is -0.345 e. The fourth-order valence-electron chi connectivity index (χ4n) is 3.83. The zero-order chi connectivity index (χ0) is 22.8. The zero-order valence-corrected chi connectivity index (χ0v) is 18.7. The third-order valence-electron chi connectivity index (χ3n) is 5.66. The number of para-hydroxylation sites is 1. The van der Waals surface area contributed by atoms with Gasteiger partial charge in [-0.2, -0.15) is 10.1 Å². The molecular weight excluding hydrogens is 438 g/mol. The number of halogens is 1. The second-order valence-electron chi connectivity index (χ2n) is 7.88. The number of fused-ring (bicyclic) bond motifs is 1. The van der Waals surface area contributed by atoms with Gasteiger partial charge >= 0.3 is 0 Å². The number of nitrogens with one attached hydrogen (secondary N) is 3. The van der Waals surface area contributed by atoms with Gasteiger partial charge in [0.15, 0.2) is 5.82 Å². The molecule has 5 rings (SSSR count). The van der Waals surface area contributed by atoms with Crippen LogP contribution in [-0.4, -0.2) is 44.6 Å². The van der Waals surface area contributed by atoms with E-state index in [9.17, 15) is 4.79 Å². The van der Waals surface area contributed by atoms with E-state index in [0.29, 0.717) is 23.2 Å². The van der Waals surface area contributed by atoms with Gasteiger partial charge in [0, 0.05) is 36.7 Å². The lowest BCUT2D eigenvalue weighted by Crippen LogP contribution is -2.27. The van der Waals surface area contributed by atoms with Crippen LogP contribution < -0.4 is 10.6 Å². The van der Waals surface area contributed by atoms with Crippen molar-refractivity contribution in [3.05, 3.63) is 77.1 Å². The molecule has 1 aliphatic heterocycles. The summed E-state index contributed by atoms with van der Waals surface area (Å²) in [7, 11) is 1.84. The van der Waals surface area contributed by atoms with Crippen LogP contribution in [0.1, 0.15) is 11.1 Å². The van der Waals surface area contributed by atoms with Crippen LogP contribution in [0.4, 0.5) is 23.1 Å². The van der Waals surface area contributed by atoms with E-state index in [2.05, 4.69) is 36.9 Å². The number of benzene rings is 2. The first-order chi connectivity index (χ1) is 16.1. The molecule has 166 valence electrons. The number of aromatic nitrogens is 4. The molecule has 9 heteroatoms. The van der Waals surface area contributed by atoms with Crippen LogP contribution in [0.5, 0.6) is 0 Å². The topological polar surface area (TPSA) is 98.8 Å². The number of carbonyl (C=O) groups excluding carboxylic acids is 1. The maximum Gasteiger partial charge on any atom is 0.229 e. The number of aromatic amines is 1. The highest BCUT2D eigenvalue weighted by atomic mass is 35.5. The maximum atomic E-state index is 12.3. The predicted octanol–water partition coefficient (Wildman–Crippen LogP) is 4.56. The van der Waals surface area contributed by atoms with Gasteiger partial charge in [0.25, 0.3) is 0 Å². The van der Waals surface area contributed by atoms with Gasteiger partial charge in [-0.3, -0.25) is 9.89 Å². The van der Waals surface area contributed by atoms with Crippen molar-refractivity contribution in [2.24, 2.45) is 0 Å². The Labute approximate surface area is 196 Å². The molecule has 2 aromatic heterocycles. The van der Waals surface area contributed by atoms with Crippen LogP contribution in [0.2, 0.25) is 5.02 Å². The Bertz CT molecular complexity index is 1310. The summed E-state index contributed by atoms with van der Waals surface area (Å²) in [5.41, 5.74) is 5.69. The van der Waals surface area contributed by atoms with Crippen LogP contribution in [-0.2, 0) is 17.6 Å². The summed E-state index contributed by atoms with van der Waals surface area (Å²) in [5, 5.41) is 13.9. The average molecular weight is 460 g/mol. The largest absolute Gasteiger partial charge is 0.345 e. The molecule has 1 aliphatic rings. The summed E-state index contributed by atoms with van der Waals surface area (Å²) in [4.78, 5) is 22.9. The third-order valence-corrected chi connectivity index (χ3v) is 5.94. The van der Waals surface area contributed by atoms with Gasteiger partial charge in [-0.1, -0.05) is 35.9 Å². The summed E-state index contributed by atoms with van der Waals surface area (Å²) in [6.07, 6.45) is 4.50. The molecule has 0 spiro atoms. The molecule has 0 unspecified atom stereocenters. The Balaban J connectivity index is 1.40. The molecule has 1 amide bonds. The van der Waals surface area contributed by atoms with E-state index in [4.69, 9.17) is 11.6 Å². The lowest BCUT2D eigenvalue weighted by atomic mass is 10.0. The number of nitrogens with zero attached hydrogens (tertiary/aromatic N) is 4. The van der Waals surface area contributed by atoms with Crippen LogP contribution in [0.15, 0.2) is 60.9 Å². The molecule has 3 heterocycles. The van der Waals surface area contributed by atoms with Gasteiger partial charge in [0.1, 0.15) is 5.02 Å². The summed E-state index contributed by atoms with van der Waals surface area (Å²) in [5.74, 6) is 1.00. The zero-order valence-electron chi connectivity index (χ0n) is 18.0. The summed E-state index contributed by atoms with van der Waals surface area (Å²) >= 11 is 6.39. The first-order valence-corrected chi connectivity index (χ1v) is 11.0. The minimum absolute atomic E-state index is 0.121. The predicted molar refractivity (Wildman–Crippen MR) is 129 cm³/mol. The van der Waals surface area contributed by atoms with E-state index >= 15 is 0 Å². The molecular formula is C24H22ClN7O. The minimum atomic E-state index is 0.121. The second kappa shape index (κ2) is 8.91. The van der Waals surface area contributed by atoms with Gasteiger partial charge in [0.2, 0.25) is 11.9 Å². The molecule has 8 nitrogen and oxygen atoms in total. The van der Waals surface area contributed by atoms with E-state index in [1.54, 1.807) is 17.3 Å². The van der Waals surface area contributed by atoms with Crippen molar-refractivity contribution in [3.63, 3.8) is 0 Å². The Morgan fingerprint density at radius 3 is 2.82 bits per heavy atom. The Hall–Kier alpha value is -3.91. The molecule has 0 aliphatic carbocycles. The normalized spacial score (nSPS) is 13.4. The first kappa shape index (κ1) is 21.0. The van der Waals surface area contributed by atoms with Crippen LogP contribution >= 0.6 is 11.6 Å². The van der Waals surface area contributed by atoms with E-state index < -0.39 is 0 Å². The van der Waals surface area contributed by atoms with Crippen LogP contribution in [0.25, 0.3) is 11.3 Å².